The lowest BCUT2D eigenvalue weighted by Gasteiger charge is -2.24. The van der Waals surface area contributed by atoms with E-state index in [-0.39, 0.29) is 18.1 Å². The maximum absolute atomic E-state index is 12.4. The molecule has 2 fully saturated rings. The van der Waals surface area contributed by atoms with Crippen LogP contribution < -0.4 is 0 Å². The lowest BCUT2D eigenvalue weighted by atomic mass is 10.1. The molecule has 6 nitrogen and oxygen atoms in total. The van der Waals surface area contributed by atoms with Crippen molar-refractivity contribution in [2.24, 2.45) is 0 Å². The number of rotatable bonds is 5. The molecular weight excluding hydrogens is 354 g/mol. The van der Waals surface area contributed by atoms with E-state index in [0.29, 0.717) is 19.1 Å². The van der Waals surface area contributed by atoms with Gasteiger partial charge in [0.2, 0.25) is 0 Å². The lowest BCUT2D eigenvalue weighted by Crippen LogP contribution is -2.37. The van der Waals surface area contributed by atoms with Crippen molar-refractivity contribution in [3.8, 4) is 6.07 Å². The molecule has 2 heterocycles. The molecule has 1 saturated carbocycles. The molecule has 0 aromatic carbocycles. The summed E-state index contributed by atoms with van der Waals surface area (Å²) in [6, 6.07) is 4.45. The van der Waals surface area contributed by atoms with Crippen molar-refractivity contribution in [3.05, 3.63) is 28.6 Å². The highest BCUT2D eigenvalue weighted by molar-refractivity contribution is 5.99. The molecule has 2 aliphatic rings. The van der Waals surface area contributed by atoms with Gasteiger partial charge in [0.25, 0.3) is 5.91 Å². The van der Waals surface area contributed by atoms with E-state index < -0.39 is 5.97 Å². The Balaban J connectivity index is 1.62. The van der Waals surface area contributed by atoms with Crippen LogP contribution in [0, 0.1) is 25.2 Å². The zero-order chi connectivity index (χ0) is 20.1. The van der Waals surface area contributed by atoms with Crippen LogP contribution in [-0.4, -0.2) is 41.0 Å². The molecule has 0 bridgehead atoms. The number of aryl methyl sites for hydroxylation is 1. The summed E-state index contributed by atoms with van der Waals surface area (Å²) in [7, 11) is 0. The van der Waals surface area contributed by atoms with Crippen molar-refractivity contribution in [1.82, 2.24) is 9.47 Å². The summed E-state index contributed by atoms with van der Waals surface area (Å²) in [5.74, 6) is -0.918. The molecule has 0 atom stereocenters. The number of amides is 1. The monoisotopic (exact) mass is 383 g/mol. The molecule has 1 aliphatic carbocycles. The van der Waals surface area contributed by atoms with E-state index in [2.05, 4.69) is 4.57 Å². The third-order valence-electron chi connectivity index (χ3n) is 5.61. The van der Waals surface area contributed by atoms with Gasteiger partial charge >= 0.3 is 5.97 Å². The SMILES string of the molecule is Cc1cc(/C=C(\C#N)C(=O)OCC(=O)N2CCCCCCC2)c(C)n1C1CC1. The largest absolute Gasteiger partial charge is 0.451 e. The summed E-state index contributed by atoms with van der Waals surface area (Å²) in [6.07, 6.45) is 9.36. The molecule has 0 radical (unpaired) electrons. The number of carbonyl (C=O) groups is 2. The van der Waals surface area contributed by atoms with Crippen molar-refractivity contribution in [2.75, 3.05) is 19.7 Å². The highest BCUT2D eigenvalue weighted by atomic mass is 16.5. The second-order valence-corrected chi connectivity index (χ2v) is 7.82. The summed E-state index contributed by atoms with van der Waals surface area (Å²) < 4.78 is 7.42. The van der Waals surface area contributed by atoms with Gasteiger partial charge in [-0.15, -0.1) is 0 Å². The number of hydrogen-bond acceptors (Lipinski definition) is 4. The molecule has 1 aliphatic heterocycles. The van der Waals surface area contributed by atoms with Crippen molar-refractivity contribution >= 4 is 18.0 Å². The normalized spacial score (nSPS) is 18.2. The highest BCUT2D eigenvalue weighted by Gasteiger charge is 2.27. The predicted molar refractivity (Wildman–Crippen MR) is 106 cm³/mol. The van der Waals surface area contributed by atoms with Crippen LogP contribution in [0.15, 0.2) is 11.6 Å². The number of ether oxygens (including phenoxy) is 1. The number of nitriles is 1. The van der Waals surface area contributed by atoms with E-state index in [1.54, 1.807) is 11.0 Å². The zero-order valence-corrected chi connectivity index (χ0v) is 16.9. The summed E-state index contributed by atoms with van der Waals surface area (Å²) in [4.78, 5) is 26.5. The molecular formula is C22H29N3O3. The van der Waals surface area contributed by atoms with Crippen LogP contribution in [0.4, 0.5) is 0 Å². The van der Waals surface area contributed by atoms with Gasteiger partial charge in [0, 0.05) is 30.5 Å². The van der Waals surface area contributed by atoms with Gasteiger partial charge in [0.05, 0.1) is 0 Å². The first-order chi connectivity index (χ1) is 13.5. The fraction of sp³-hybridized carbons (Fsp3) is 0.591. The van der Waals surface area contributed by atoms with E-state index in [1.807, 2.05) is 26.0 Å². The molecule has 1 saturated heterocycles. The van der Waals surface area contributed by atoms with Gasteiger partial charge in [-0.25, -0.2) is 4.79 Å². The van der Waals surface area contributed by atoms with Gasteiger partial charge < -0.3 is 14.2 Å². The maximum atomic E-state index is 12.4. The van der Waals surface area contributed by atoms with Crippen LogP contribution in [-0.2, 0) is 14.3 Å². The van der Waals surface area contributed by atoms with Crippen LogP contribution in [0.1, 0.15) is 67.9 Å². The van der Waals surface area contributed by atoms with Crippen molar-refractivity contribution in [3.63, 3.8) is 0 Å². The summed E-state index contributed by atoms with van der Waals surface area (Å²) in [5.41, 5.74) is 2.96. The molecule has 3 rings (SSSR count). The van der Waals surface area contributed by atoms with E-state index in [4.69, 9.17) is 4.74 Å². The standard InChI is InChI=1S/C22H29N3O3/c1-16-12-18(17(2)25(16)20-8-9-20)13-19(14-23)22(27)28-15-21(26)24-10-6-4-3-5-7-11-24/h12-13,20H,3-11,15H2,1-2H3/b19-13+. The average molecular weight is 383 g/mol. The van der Waals surface area contributed by atoms with Crippen molar-refractivity contribution in [1.29, 1.82) is 5.26 Å². The molecule has 1 aromatic heterocycles. The summed E-state index contributed by atoms with van der Waals surface area (Å²) in [6.45, 7) is 5.16. The van der Waals surface area contributed by atoms with Crippen LogP contribution >= 0.6 is 0 Å². The molecule has 1 amide bonds. The van der Waals surface area contributed by atoms with Gasteiger partial charge in [-0.1, -0.05) is 19.3 Å². The molecule has 28 heavy (non-hydrogen) atoms. The first-order valence-electron chi connectivity index (χ1n) is 10.3. The highest BCUT2D eigenvalue weighted by Crippen LogP contribution is 2.38. The van der Waals surface area contributed by atoms with Gasteiger partial charge in [-0.05, 0) is 57.2 Å². The molecule has 0 unspecified atom stereocenters. The number of esters is 1. The van der Waals surface area contributed by atoms with Crippen LogP contribution in [0.25, 0.3) is 6.08 Å². The zero-order valence-electron chi connectivity index (χ0n) is 16.9. The van der Waals surface area contributed by atoms with Gasteiger partial charge in [-0.3, -0.25) is 4.79 Å². The second-order valence-electron chi connectivity index (χ2n) is 7.82. The van der Waals surface area contributed by atoms with E-state index in [9.17, 15) is 14.9 Å². The Kier molecular flexibility index (Phi) is 6.56. The minimum Gasteiger partial charge on any atom is -0.451 e. The first kappa shape index (κ1) is 20.2. The molecule has 150 valence electrons. The molecule has 6 heteroatoms. The van der Waals surface area contributed by atoms with E-state index >= 15 is 0 Å². The van der Waals surface area contributed by atoms with E-state index in [0.717, 1.165) is 42.6 Å². The fourth-order valence-corrected chi connectivity index (χ4v) is 3.93. The number of hydrogen-bond donors (Lipinski definition) is 0. The van der Waals surface area contributed by atoms with Crippen LogP contribution in [0.5, 0.6) is 0 Å². The van der Waals surface area contributed by atoms with Gasteiger partial charge in [0.1, 0.15) is 11.6 Å². The first-order valence-corrected chi connectivity index (χ1v) is 10.3. The number of aromatic nitrogens is 1. The minimum absolute atomic E-state index is 0.0727. The number of nitrogens with zero attached hydrogens (tertiary/aromatic N) is 3. The second kappa shape index (κ2) is 9.09. The minimum atomic E-state index is -0.737. The Bertz CT molecular complexity index is 804. The quantitative estimate of drug-likeness (QED) is 0.441. The molecule has 0 spiro atoms. The maximum Gasteiger partial charge on any atom is 0.349 e. The smallest absolute Gasteiger partial charge is 0.349 e. The Labute approximate surface area is 166 Å². The molecule has 0 N–H and O–H groups in total. The topological polar surface area (TPSA) is 75.3 Å². The Morgan fingerprint density at radius 1 is 1.18 bits per heavy atom. The van der Waals surface area contributed by atoms with Crippen molar-refractivity contribution < 1.29 is 14.3 Å². The van der Waals surface area contributed by atoms with E-state index in [1.165, 1.54) is 19.3 Å². The average Bonchev–Trinajstić information content (AvgIpc) is 3.43. The summed E-state index contributed by atoms with van der Waals surface area (Å²) in [5, 5.41) is 9.41. The molecule has 1 aromatic rings. The lowest BCUT2D eigenvalue weighted by molar-refractivity contribution is -0.148. The third-order valence-corrected chi connectivity index (χ3v) is 5.61. The number of carbonyl (C=O) groups excluding carboxylic acids is 2. The Morgan fingerprint density at radius 2 is 1.82 bits per heavy atom. The predicted octanol–water partition coefficient (Wildman–Crippen LogP) is 3.68. The fourth-order valence-electron chi connectivity index (χ4n) is 3.93. The van der Waals surface area contributed by atoms with Crippen LogP contribution in [0.2, 0.25) is 0 Å². The van der Waals surface area contributed by atoms with Crippen LogP contribution in [0.3, 0.4) is 0 Å². The number of likely N-dealkylation sites (tertiary alicyclic amines) is 1. The van der Waals surface area contributed by atoms with Crippen molar-refractivity contribution in [2.45, 2.75) is 64.8 Å². The third kappa shape index (κ3) is 4.83. The Hall–Kier alpha value is -2.55. The Morgan fingerprint density at radius 3 is 2.43 bits per heavy atom. The van der Waals surface area contributed by atoms with Gasteiger partial charge in [-0.2, -0.15) is 5.26 Å². The van der Waals surface area contributed by atoms with Gasteiger partial charge in [0.15, 0.2) is 6.61 Å². The summed E-state index contributed by atoms with van der Waals surface area (Å²) >= 11 is 0.